The second kappa shape index (κ2) is 4.53. The van der Waals surface area contributed by atoms with Gasteiger partial charge in [-0.05, 0) is 25.7 Å². The van der Waals surface area contributed by atoms with E-state index in [1.54, 1.807) is 0 Å². The quantitative estimate of drug-likeness (QED) is 0.636. The highest BCUT2D eigenvalue weighted by Crippen LogP contribution is 2.33. The third kappa shape index (κ3) is 4.74. The van der Waals surface area contributed by atoms with E-state index in [0.717, 1.165) is 11.8 Å². The summed E-state index contributed by atoms with van der Waals surface area (Å²) in [4.78, 5) is 0. The minimum absolute atomic E-state index is 0.00799. The molecular formula is C8H12F4S. The average molecular weight is 216 g/mol. The lowest BCUT2D eigenvalue weighted by Gasteiger charge is -2.23. The van der Waals surface area contributed by atoms with Crippen LogP contribution in [0.3, 0.4) is 0 Å². The van der Waals surface area contributed by atoms with Crippen molar-refractivity contribution in [1.82, 2.24) is 0 Å². The molecule has 1 rings (SSSR count). The van der Waals surface area contributed by atoms with Crippen molar-refractivity contribution in [3.8, 4) is 0 Å². The van der Waals surface area contributed by atoms with Crippen LogP contribution in [0.5, 0.6) is 0 Å². The predicted molar refractivity (Wildman–Crippen MR) is 45.7 cm³/mol. The molecule has 1 aliphatic carbocycles. The lowest BCUT2D eigenvalue weighted by molar-refractivity contribution is -0.105. The first-order valence-corrected chi connectivity index (χ1v) is 5.34. The number of halogens is 4. The van der Waals surface area contributed by atoms with E-state index in [0.29, 0.717) is 25.7 Å². The lowest BCUT2D eigenvalue weighted by Crippen LogP contribution is -2.20. The third-order valence-electron chi connectivity index (χ3n) is 2.09. The molecule has 0 bridgehead atoms. The van der Waals surface area contributed by atoms with Crippen LogP contribution in [0, 0.1) is 0 Å². The normalized spacial score (nSPS) is 30.5. The van der Waals surface area contributed by atoms with Crippen LogP contribution in [0.25, 0.3) is 0 Å². The molecule has 1 fully saturated rings. The Kier molecular flexibility index (Phi) is 3.88. The molecule has 0 saturated heterocycles. The Balaban J connectivity index is 2.16. The molecule has 0 aromatic heterocycles. The van der Waals surface area contributed by atoms with Gasteiger partial charge in [0.25, 0.3) is 0 Å². The van der Waals surface area contributed by atoms with E-state index >= 15 is 0 Å². The molecule has 0 heterocycles. The molecule has 0 N–H and O–H groups in total. The largest absolute Gasteiger partial charge is 0.397 e. The lowest BCUT2D eigenvalue weighted by atomic mass is 9.99. The third-order valence-corrected chi connectivity index (χ3v) is 3.52. The summed E-state index contributed by atoms with van der Waals surface area (Å²) < 4.78 is 48.0. The van der Waals surface area contributed by atoms with Crippen molar-refractivity contribution in [2.75, 3.05) is 5.75 Å². The van der Waals surface area contributed by atoms with Crippen molar-refractivity contribution >= 4 is 11.8 Å². The van der Waals surface area contributed by atoms with Crippen molar-refractivity contribution < 1.29 is 17.6 Å². The van der Waals surface area contributed by atoms with Gasteiger partial charge < -0.3 is 0 Å². The Bertz CT molecular complexity index is 149. The summed E-state index contributed by atoms with van der Waals surface area (Å²) in [5.74, 6) is -0.797. The molecule has 5 heteroatoms. The Morgan fingerprint density at radius 1 is 1.08 bits per heavy atom. The second-order valence-electron chi connectivity index (χ2n) is 3.30. The van der Waals surface area contributed by atoms with Gasteiger partial charge in [0.2, 0.25) is 0 Å². The van der Waals surface area contributed by atoms with Crippen LogP contribution in [-0.4, -0.2) is 23.4 Å². The maximum absolute atomic E-state index is 12.6. The molecule has 0 aromatic carbocycles. The molecule has 0 amide bonds. The maximum Gasteiger partial charge on any atom is 0.397 e. The van der Waals surface area contributed by atoms with Gasteiger partial charge in [0.15, 0.2) is 0 Å². The molecule has 78 valence electrons. The second-order valence-corrected chi connectivity index (χ2v) is 4.59. The molecule has 0 radical (unpaired) electrons. The highest BCUT2D eigenvalue weighted by molar-refractivity contribution is 7.99. The Morgan fingerprint density at radius 2 is 1.62 bits per heavy atom. The Hall–Kier alpha value is 0.0700. The van der Waals surface area contributed by atoms with Crippen LogP contribution < -0.4 is 0 Å². The van der Waals surface area contributed by atoms with Crippen LogP contribution in [0.2, 0.25) is 0 Å². The van der Waals surface area contributed by atoms with E-state index in [1.807, 2.05) is 0 Å². The molecule has 1 saturated carbocycles. The van der Waals surface area contributed by atoms with Gasteiger partial charge in [-0.1, -0.05) is 0 Å². The molecule has 0 spiro atoms. The number of alkyl halides is 4. The fraction of sp³-hybridized carbons (Fsp3) is 1.00. The van der Waals surface area contributed by atoms with E-state index in [2.05, 4.69) is 0 Å². The van der Waals surface area contributed by atoms with Gasteiger partial charge in [0.05, 0.1) is 5.75 Å². The van der Waals surface area contributed by atoms with Crippen molar-refractivity contribution in [2.24, 2.45) is 0 Å². The molecule has 1 aliphatic rings. The first-order valence-electron chi connectivity index (χ1n) is 4.30. The van der Waals surface area contributed by atoms with Crippen LogP contribution in [0.1, 0.15) is 25.7 Å². The van der Waals surface area contributed by atoms with Gasteiger partial charge in [-0.25, -0.2) is 4.39 Å². The topological polar surface area (TPSA) is 0 Å². The van der Waals surface area contributed by atoms with E-state index < -0.39 is 18.1 Å². The monoisotopic (exact) mass is 216 g/mol. The maximum atomic E-state index is 12.6. The summed E-state index contributed by atoms with van der Waals surface area (Å²) in [7, 11) is 0. The fourth-order valence-electron chi connectivity index (χ4n) is 1.40. The fourth-order valence-corrected chi connectivity index (χ4v) is 2.43. The first kappa shape index (κ1) is 11.1. The van der Waals surface area contributed by atoms with Gasteiger partial charge >= 0.3 is 6.18 Å². The molecule has 0 unspecified atom stereocenters. The van der Waals surface area contributed by atoms with Gasteiger partial charge in [-0.3, -0.25) is 0 Å². The minimum Gasteiger partial charge on any atom is -0.247 e. The number of hydrogen-bond donors (Lipinski definition) is 0. The van der Waals surface area contributed by atoms with Crippen molar-refractivity contribution in [3.05, 3.63) is 0 Å². The van der Waals surface area contributed by atoms with E-state index in [4.69, 9.17) is 0 Å². The summed E-state index contributed by atoms with van der Waals surface area (Å²) in [6, 6.07) is 0. The zero-order chi connectivity index (χ0) is 9.90. The number of thioether (sulfide) groups is 1. The van der Waals surface area contributed by atoms with Crippen LogP contribution >= 0.6 is 11.8 Å². The molecule has 0 nitrogen and oxygen atoms in total. The van der Waals surface area contributed by atoms with Crippen molar-refractivity contribution in [1.29, 1.82) is 0 Å². The van der Waals surface area contributed by atoms with Crippen LogP contribution in [0.4, 0.5) is 17.6 Å². The van der Waals surface area contributed by atoms with E-state index in [9.17, 15) is 17.6 Å². The van der Waals surface area contributed by atoms with E-state index in [1.165, 1.54) is 0 Å². The highest BCUT2D eigenvalue weighted by Gasteiger charge is 2.30. The molecule has 0 atom stereocenters. The Labute approximate surface area is 79.1 Å². The zero-order valence-electron chi connectivity index (χ0n) is 7.11. The van der Waals surface area contributed by atoms with Crippen molar-refractivity contribution in [3.63, 3.8) is 0 Å². The summed E-state index contributed by atoms with van der Waals surface area (Å²) >= 11 is 0.915. The molecule has 0 aliphatic heterocycles. The van der Waals surface area contributed by atoms with Crippen molar-refractivity contribution in [2.45, 2.75) is 43.3 Å². The SMILES string of the molecule is FC1CCC(SCC(F)(F)F)CC1. The zero-order valence-corrected chi connectivity index (χ0v) is 7.93. The first-order chi connectivity index (χ1) is 5.97. The summed E-state index contributed by atoms with van der Waals surface area (Å²) in [6.07, 6.45) is -2.85. The van der Waals surface area contributed by atoms with Crippen LogP contribution in [-0.2, 0) is 0 Å². The van der Waals surface area contributed by atoms with Gasteiger partial charge in [-0.2, -0.15) is 13.2 Å². The molecular weight excluding hydrogens is 204 g/mol. The van der Waals surface area contributed by atoms with Gasteiger partial charge in [0.1, 0.15) is 6.17 Å². The average Bonchev–Trinajstić information content (AvgIpc) is 2.02. The summed E-state index contributed by atoms with van der Waals surface area (Å²) in [5.41, 5.74) is 0. The van der Waals surface area contributed by atoms with Crippen LogP contribution in [0.15, 0.2) is 0 Å². The number of rotatable bonds is 2. The standard InChI is InChI=1S/C8H12F4S/c9-6-1-3-7(4-2-6)13-5-8(10,11)12/h6-7H,1-5H2. The van der Waals surface area contributed by atoms with Gasteiger partial charge in [0, 0.05) is 5.25 Å². The van der Waals surface area contributed by atoms with Gasteiger partial charge in [-0.15, -0.1) is 11.8 Å². The number of hydrogen-bond acceptors (Lipinski definition) is 1. The predicted octanol–water partition coefficient (Wildman–Crippen LogP) is 3.56. The summed E-state index contributed by atoms with van der Waals surface area (Å²) in [6.45, 7) is 0. The Morgan fingerprint density at radius 3 is 2.08 bits per heavy atom. The molecule has 0 aromatic rings. The summed E-state index contributed by atoms with van der Waals surface area (Å²) in [5, 5.41) is 0.00799. The minimum atomic E-state index is -4.09. The molecule has 13 heavy (non-hydrogen) atoms. The smallest absolute Gasteiger partial charge is 0.247 e. The highest BCUT2D eigenvalue weighted by atomic mass is 32.2. The van der Waals surface area contributed by atoms with E-state index in [-0.39, 0.29) is 5.25 Å².